The van der Waals surface area contributed by atoms with E-state index in [2.05, 4.69) is 5.10 Å². The molecule has 2 atom stereocenters. The molecule has 0 radical (unpaired) electrons. The monoisotopic (exact) mass is 426 g/mol. The smallest absolute Gasteiger partial charge is 0.266 e. The van der Waals surface area contributed by atoms with Gasteiger partial charge in [-0.2, -0.15) is 13.5 Å². The van der Waals surface area contributed by atoms with Crippen molar-refractivity contribution in [3.8, 4) is 0 Å². The highest BCUT2D eigenvalue weighted by Crippen LogP contribution is 2.34. The van der Waals surface area contributed by atoms with E-state index < -0.39 is 33.2 Å². The Balaban J connectivity index is 1.64. The van der Waals surface area contributed by atoms with Crippen LogP contribution in [-0.4, -0.2) is 35.7 Å². The first-order valence-electron chi connectivity index (χ1n) is 8.78. The van der Waals surface area contributed by atoms with Crippen LogP contribution >= 0.6 is 23.2 Å². The van der Waals surface area contributed by atoms with E-state index in [4.69, 9.17) is 27.4 Å². The third-order valence-corrected chi connectivity index (χ3v) is 7.73. The van der Waals surface area contributed by atoms with Crippen molar-refractivity contribution in [1.82, 2.24) is 9.78 Å². The van der Waals surface area contributed by atoms with Crippen molar-refractivity contribution in [2.45, 2.75) is 74.9 Å². The largest absolute Gasteiger partial charge is 0.287 e. The molecule has 2 saturated carbocycles. The second kappa shape index (κ2) is 8.12. The van der Waals surface area contributed by atoms with Gasteiger partial charge in [-0.15, -0.1) is 0 Å². The van der Waals surface area contributed by atoms with Crippen LogP contribution in [0.2, 0.25) is 10.0 Å². The summed E-state index contributed by atoms with van der Waals surface area (Å²) in [5.74, 6) is 0. The van der Waals surface area contributed by atoms with Gasteiger partial charge in [-0.25, -0.2) is 9.07 Å². The lowest BCUT2D eigenvalue weighted by Gasteiger charge is -2.31. The molecule has 0 saturated heterocycles. The molecule has 3 rings (SSSR count). The maximum atomic E-state index is 13.9. The minimum atomic E-state index is -3.84. The summed E-state index contributed by atoms with van der Waals surface area (Å²) in [6.07, 6.45) is 3.06. The molecule has 1 heterocycles. The zero-order chi connectivity index (χ0) is 18.9. The van der Waals surface area contributed by atoms with Crippen LogP contribution in [0.4, 0.5) is 4.39 Å². The molecule has 1 aromatic rings. The number of hydrogen-bond acceptors (Lipinski definition) is 5. The van der Waals surface area contributed by atoms with Crippen molar-refractivity contribution in [3.63, 3.8) is 0 Å². The molecular weight excluding hydrogens is 406 g/mol. The number of halogens is 3. The Morgan fingerprint density at radius 3 is 2.42 bits per heavy atom. The highest BCUT2D eigenvalue weighted by Gasteiger charge is 2.37. The highest BCUT2D eigenvalue weighted by molar-refractivity contribution is 7.87. The van der Waals surface area contributed by atoms with E-state index in [1.54, 1.807) is 0 Å². The van der Waals surface area contributed by atoms with Crippen molar-refractivity contribution in [3.05, 3.63) is 26.6 Å². The molecule has 6 nitrogen and oxygen atoms in total. The van der Waals surface area contributed by atoms with Gasteiger partial charge in [0.2, 0.25) is 0 Å². The molecule has 0 amide bonds. The van der Waals surface area contributed by atoms with Crippen LogP contribution in [-0.2, 0) is 14.3 Å². The summed E-state index contributed by atoms with van der Waals surface area (Å²) in [6.45, 7) is 0. The Hall–Kier alpha value is -0.700. The van der Waals surface area contributed by atoms with Gasteiger partial charge in [-0.05, 0) is 38.5 Å². The van der Waals surface area contributed by atoms with Gasteiger partial charge in [0.25, 0.3) is 15.7 Å². The summed E-state index contributed by atoms with van der Waals surface area (Å²) < 4.78 is 45.3. The Labute approximate surface area is 161 Å². The SMILES string of the molecule is O=c1c(Cl)c(Cl)cnn1C1CCC(S(=O)(=O)OC2CCCCC2F)CC1. The summed E-state index contributed by atoms with van der Waals surface area (Å²) in [4.78, 5) is 12.2. The average Bonchev–Trinajstić information content (AvgIpc) is 2.62. The molecule has 2 aliphatic rings. The van der Waals surface area contributed by atoms with Gasteiger partial charge in [0, 0.05) is 0 Å². The van der Waals surface area contributed by atoms with Gasteiger partial charge >= 0.3 is 0 Å². The third kappa shape index (κ3) is 4.24. The quantitative estimate of drug-likeness (QED) is 0.686. The van der Waals surface area contributed by atoms with Crippen molar-refractivity contribution in [1.29, 1.82) is 0 Å². The predicted molar refractivity (Wildman–Crippen MR) is 97.0 cm³/mol. The Kier molecular flexibility index (Phi) is 6.26. The lowest BCUT2D eigenvalue weighted by Crippen LogP contribution is -2.38. The molecule has 26 heavy (non-hydrogen) atoms. The van der Waals surface area contributed by atoms with E-state index in [0.717, 1.165) is 12.8 Å². The number of rotatable bonds is 4. The fraction of sp³-hybridized carbons (Fsp3) is 0.750. The van der Waals surface area contributed by atoms with Gasteiger partial charge in [-0.3, -0.25) is 8.98 Å². The van der Waals surface area contributed by atoms with Gasteiger partial charge in [0.15, 0.2) is 0 Å². The normalized spacial score (nSPS) is 30.3. The average molecular weight is 427 g/mol. The molecule has 146 valence electrons. The van der Waals surface area contributed by atoms with Crippen molar-refractivity contribution in [2.75, 3.05) is 0 Å². The molecule has 2 unspecified atom stereocenters. The van der Waals surface area contributed by atoms with Crippen LogP contribution < -0.4 is 5.56 Å². The summed E-state index contributed by atoms with van der Waals surface area (Å²) in [7, 11) is -3.84. The van der Waals surface area contributed by atoms with Gasteiger partial charge in [0.05, 0.1) is 22.5 Å². The molecule has 0 aromatic carbocycles. The van der Waals surface area contributed by atoms with E-state index >= 15 is 0 Å². The van der Waals surface area contributed by atoms with Crippen molar-refractivity contribution < 1.29 is 17.0 Å². The summed E-state index contributed by atoms with van der Waals surface area (Å²) in [5.41, 5.74) is -0.482. The van der Waals surface area contributed by atoms with E-state index in [9.17, 15) is 17.6 Å². The molecular formula is C16H21Cl2FN2O4S. The molecule has 10 heteroatoms. The van der Waals surface area contributed by atoms with Crippen LogP contribution in [0, 0.1) is 0 Å². The van der Waals surface area contributed by atoms with E-state index in [1.165, 1.54) is 10.9 Å². The van der Waals surface area contributed by atoms with Crippen LogP contribution in [0.3, 0.4) is 0 Å². The highest BCUT2D eigenvalue weighted by atomic mass is 35.5. The Morgan fingerprint density at radius 2 is 1.77 bits per heavy atom. The lowest BCUT2D eigenvalue weighted by molar-refractivity contribution is 0.0668. The van der Waals surface area contributed by atoms with Gasteiger partial charge in [0.1, 0.15) is 17.3 Å². The molecule has 1 aromatic heterocycles. The first-order chi connectivity index (χ1) is 12.3. The molecule has 2 fully saturated rings. The van der Waals surface area contributed by atoms with E-state index in [0.29, 0.717) is 38.5 Å². The molecule has 2 aliphatic carbocycles. The predicted octanol–water partition coefficient (Wildman–Crippen LogP) is 3.66. The standard InChI is InChI=1S/C16H21Cl2FN2O4S/c17-12-9-20-21(16(22)15(12)18)10-5-7-11(8-6-10)26(23,24)25-14-4-2-1-3-13(14)19/h9-11,13-14H,1-8H2. The number of nitrogens with zero attached hydrogens (tertiary/aromatic N) is 2. The first-order valence-corrected chi connectivity index (χ1v) is 11.0. The molecule has 0 N–H and O–H groups in total. The second-order valence-electron chi connectivity index (χ2n) is 6.91. The van der Waals surface area contributed by atoms with Crippen molar-refractivity contribution >= 4 is 33.3 Å². The Bertz CT molecular complexity index is 809. The fourth-order valence-corrected chi connectivity index (χ4v) is 5.50. The molecule has 0 spiro atoms. The third-order valence-electron chi connectivity index (χ3n) is 5.18. The fourth-order valence-electron chi connectivity index (χ4n) is 3.67. The summed E-state index contributed by atoms with van der Waals surface area (Å²) >= 11 is 11.6. The minimum Gasteiger partial charge on any atom is -0.266 e. The zero-order valence-electron chi connectivity index (χ0n) is 14.1. The van der Waals surface area contributed by atoms with Crippen molar-refractivity contribution in [2.24, 2.45) is 0 Å². The number of alkyl halides is 1. The zero-order valence-corrected chi connectivity index (χ0v) is 16.4. The maximum Gasteiger partial charge on any atom is 0.287 e. The molecule has 0 aliphatic heterocycles. The first kappa shape index (κ1) is 20.0. The lowest BCUT2D eigenvalue weighted by atomic mass is 9.95. The van der Waals surface area contributed by atoms with Crippen LogP contribution in [0.5, 0.6) is 0 Å². The topological polar surface area (TPSA) is 78.3 Å². The second-order valence-corrected chi connectivity index (χ2v) is 9.54. The van der Waals surface area contributed by atoms with E-state index in [1.807, 2.05) is 0 Å². The maximum absolute atomic E-state index is 13.9. The Morgan fingerprint density at radius 1 is 1.12 bits per heavy atom. The molecule has 0 bridgehead atoms. The van der Waals surface area contributed by atoms with Crippen LogP contribution in [0.15, 0.2) is 11.0 Å². The van der Waals surface area contributed by atoms with Gasteiger partial charge < -0.3 is 0 Å². The summed E-state index contributed by atoms with van der Waals surface area (Å²) in [5, 5.41) is 3.32. The number of aromatic nitrogens is 2. The van der Waals surface area contributed by atoms with Gasteiger partial charge in [-0.1, -0.05) is 36.0 Å². The van der Waals surface area contributed by atoms with Crippen LogP contribution in [0.1, 0.15) is 57.4 Å². The van der Waals surface area contributed by atoms with E-state index in [-0.39, 0.29) is 16.1 Å². The summed E-state index contributed by atoms with van der Waals surface area (Å²) in [6, 6.07) is -0.243. The minimum absolute atomic E-state index is 0.0887. The van der Waals surface area contributed by atoms with Crippen LogP contribution in [0.25, 0.3) is 0 Å². The number of hydrogen-bond donors (Lipinski definition) is 0.